The summed E-state index contributed by atoms with van der Waals surface area (Å²) in [7, 11) is 0. The molecule has 2 heterocycles. The fourth-order valence-corrected chi connectivity index (χ4v) is 4.30. The maximum atomic E-state index is 13.3. The molecule has 0 aliphatic heterocycles. The van der Waals surface area contributed by atoms with Gasteiger partial charge in [0.1, 0.15) is 0 Å². The zero-order chi connectivity index (χ0) is 22.2. The Kier molecular flexibility index (Phi) is 5.47. The number of benzene rings is 1. The van der Waals surface area contributed by atoms with E-state index in [1.54, 1.807) is 0 Å². The molecule has 2 aromatic heterocycles. The van der Waals surface area contributed by atoms with E-state index in [1.807, 2.05) is 24.3 Å². The Morgan fingerprint density at radius 3 is 2.55 bits per heavy atom. The van der Waals surface area contributed by atoms with Gasteiger partial charge in [0.2, 0.25) is 11.9 Å². The fourth-order valence-electron chi connectivity index (χ4n) is 4.30. The van der Waals surface area contributed by atoms with Gasteiger partial charge >= 0.3 is 5.97 Å². The Morgan fingerprint density at radius 1 is 1.13 bits per heavy atom. The molecule has 4 rings (SSSR count). The smallest absolute Gasteiger partial charge is 0.339 e. The Balaban J connectivity index is 1.72. The summed E-state index contributed by atoms with van der Waals surface area (Å²) in [4.78, 5) is 29.9. The van der Waals surface area contributed by atoms with Gasteiger partial charge in [-0.3, -0.25) is 4.98 Å². The molecule has 162 valence electrons. The van der Waals surface area contributed by atoms with Crippen molar-refractivity contribution in [3.63, 3.8) is 0 Å². The zero-order valence-corrected chi connectivity index (χ0v) is 18.2. The van der Waals surface area contributed by atoms with Crippen molar-refractivity contribution in [2.45, 2.75) is 53.1 Å². The molecule has 4 N–H and O–H groups in total. The SMILES string of the molecule is CCC(C)(C)C1CCc2nc3ccccc3c(C(=O)OCc3nc(N)nc(N)n3)c2C1. The molecule has 0 radical (unpaired) electrons. The van der Waals surface area contributed by atoms with Gasteiger partial charge in [-0.2, -0.15) is 15.0 Å². The van der Waals surface area contributed by atoms with Gasteiger partial charge in [-0.15, -0.1) is 0 Å². The van der Waals surface area contributed by atoms with Crippen LogP contribution >= 0.6 is 0 Å². The number of esters is 1. The molecule has 8 heteroatoms. The first kappa shape index (κ1) is 21.0. The highest BCUT2D eigenvalue weighted by atomic mass is 16.5. The van der Waals surface area contributed by atoms with Crippen molar-refractivity contribution in [1.82, 2.24) is 19.9 Å². The van der Waals surface area contributed by atoms with Gasteiger partial charge < -0.3 is 16.2 Å². The van der Waals surface area contributed by atoms with Gasteiger partial charge in [-0.1, -0.05) is 45.4 Å². The average Bonchev–Trinajstić information content (AvgIpc) is 2.74. The van der Waals surface area contributed by atoms with Crippen LogP contribution in [0.15, 0.2) is 24.3 Å². The van der Waals surface area contributed by atoms with Crippen LogP contribution in [-0.4, -0.2) is 25.9 Å². The van der Waals surface area contributed by atoms with E-state index in [-0.39, 0.29) is 29.7 Å². The van der Waals surface area contributed by atoms with Crippen LogP contribution in [-0.2, 0) is 24.2 Å². The Hall–Kier alpha value is -3.29. The summed E-state index contributed by atoms with van der Waals surface area (Å²) in [5, 5.41) is 0.802. The summed E-state index contributed by atoms with van der Waals surface area (Å²) < 4.78 is 5.61. The van der Waals surface area contributed by atoms with Gasteiger partial charge in [0, 0.05) is 11.1 Å². The lowest BCUT2D eigenvalue weighted by Gasteiger charge is -2.37. The molecule has 0 amide bonds. The first-order valence-electron chi connectivity index (χ1n) is 10.6. The minimum absolute atomic E-state index is 0.00470. The summed E-state index contributed by atoms with van der Waals surface area (Å²) in [6.07, 6.45) is 3.81. The van der Waals surface area contributed by atoms with E-state index in [9.17, 15) is 4.79 Å². The van der Waals surface area contributed by atoms with Crippen LogP contribution in [0.2, 0.25) is 0 Å². The number of hydrogen-bond donors (Lipinski definition) is 2. The number of nitrogen functional groups attached to an aromatic ring is 2. The first-order valence-corrected chi connectivity index (χ1v) is 10.6. The van der Waals surface area contributed by atoms with Crippen molar-refractivity contribution in [3.05, 3.63) is 46.9 Å². The molecular weight excluding hydrogens is 392 g/mol. The Morgan fingerprint density at radius 2 is 1.84 bits per heavy atom. The van der Waals surface area contributed by atoms with Crippen LogP contribution in [0.25, 0.3) is 10.9 Å². The van der Waals surface area contributed by atoms with Gasteiger partial charge in [-0.05, 0) is 42.2 Å². The maximum absolute atomic E-state index is 13.3. The van der Waals surface area contributed by atoms with E-state index < -0.39 is 5.97 Å². The molecule has 0 spiro atoms. The number of carbonyl (C=O) groups is 1. The zero-order valence-electron chi connectivity index (χ0n) is 18.2. The van der Waals surface area contributed by atoms with Crippen LogP contribution in [0.4, 0.5) is 11.9 Å². The van der Waals surface area contributed by atoms with Crippen LogP contribution in [0.5, 0.6) is 0 Å². The number of nitrogens with two attached hydrogens (primary N) is 2. The standard InChI is InChI=1S/C23H28N6O2/c1-4-23(2,3)13-9-10-17-15(11-13)19(14-7-5-6-8-16(14)26-17)20(30)31-12-18-27-21(24)29-22(25)28-18/h5-8,13H,4,9-12H2,1-3H3,(H4,24,25,27,28,29). The van der Waals surface area contributed by atoms with Crippen molar-refractivity contribution in [3.8, 4) is 0 Å². The van der Waals surface area contributed by atoms with E-state index >= 15 is 0 Å². The lowest BCUT2D eigenvalue weighted by molar-refractivity contribution is 0.0461. The van der Waals surface area contributed by atoms with Crippen molar-refractivity contribution in [1.29, 1.82) is 0 Å². The highest BCUT2D eigenvalue weighted by molar-refractivity contribution is 6.05. The van der Waals surface area contributed by atoms with Crippen molar-refractivity contribution in [2.75, 3.05) is 11.5 Å². The van der Waals surface area contributed by atoms with Crippen LogP contribution in [0.3, 0.4) is 0 Å². The second-order valence-electron chi connectivity index (χ2n) is 8.76. The average molecular weight is 421 g/mol. The first-order chi connectivity index (χ1) is 14.8. The summed E-state index contributed by atoms with van der Waals surface area (Å²) >= 11 is 0. The minimum Gasteiger partial charge on any atom is -0.454 e. The highest BCUT2D eigenvalue weighted by Gasteiger charge is 2.34. The number of carbonyl (C=O) groups excluding carboxylic acids is 1. The predicted octanol–water partition coefficient (Wildman–Crippen LogP) is 3.48. The molecule has 0 saturated carbocycles. The topological polar surface area (TPSA) is 130 Å². The number of hydrogen-bond acceptors (Lipinski definition) is 8. The van der Waals surface area contributed by atoms with Crippen molar-refractivity contribution in [2.24, 2.45) is 11.3 Å². The molecule has 1 atom stereocenters. The Bertz CT molecular complexity index is 1120. The molecule has 1 aliphatic carbocycles. The third kappa shape index (κ3) is 4.15. The number of aryl methyl sites for hydroxylation is 1. The summed E-state index contributed by atoms with van der Waals surface area (Å²) in [6, 6.07) is 7.70. The number of aromatic nitrogens is 4. The summed E-state index contributed by atoms with van der Waals surface area (Å²) in [6.45, 7) is 6.68. The molecule has 31 heavy (non-hydrogen) atoms. The van der Waals surface area contributed by atoms with Crippen LogP contribution < -0.4 is 11.5 Å². The van der Waals surface area contributed by atoms with Gasteiger partial charge in [-0.25, -0.2) is 4.79 Å². The largest absolute Gasteiger partial charge is 0.454 e. The third-order valence-electron chi connectivity index (χ3n) is 6.53. The monoisotopic (exact) mass is 420 g/mol. The van der Waals surface area contributed by atoms with Gasteiger partial charge in [0.15, 0.2) is 12.4 Å². The van der Waals surface area contributed by atoms with Crippen molar-refractivity contribution < 1.29 is 9.53 Å². The van der Waals surface area contributed by atoms with Gasteiger partial charge in [0.05, 0.1) is 11.1 Å². The Labute approximate surface area is 181 Å². The molecular formula is C23H28N6O2. The lowest BCUT2D eigenvalue weighted by Crippen LogP contribution is -2.30. The molecule has 1 unspecified atom stereocenters. The lowest BCUT2D eigenvalue weighted by atomic mass is 9.68. The number of anilines is 2. The van der Waals surface area contributed by atoms with E-state index in [0.717, 1.165) is 47.8 Å². The number of rotatable bonds is 5. The number of nitrogens with zero attached hydrogens (tertiary/aromatic N) is 4. The van der Waals surface area contributed by atoms with E-state index in [0.29, 0.717) is 11.5 Å². The number of fused-ring (bicyclic) bond motifs is 2. The highest BCUT2D eigenvalue weighted by Crippen LogP contribution is 2.41. The number of pyridine rings is 1. The molecule has 0 saturated heterocycles. The number of para-hydroxylation sites is 1. The predicted molar refractivity (Wildman–Crippen MR) is 119 cm³/mol. The molecule has 0 fully saturated rings. The molecule has 1 aliphatic rings. The minimum atomic E-state index is -0.414. The third-order valence-corrected chi connectivity index (χ3v) is 6.53. The molecule has 8 nitrogen and oxygen atoms in total. The fraction of sp³-hybridized carbons (Fsp3) is 0.435. The quantitative estimate of drug-likeness (QED) is 0.600. The van der Waals surface area contributed by atoms with Crippen molar-refractivity contribution >= 4 is 28.8 Å². The maximum Gasteiger partial charge on any atom is 0.339 e. The van der Waals surface area contributed by atoms with Crippen LogP contribution in [0, 0.1) is 11.3 Å². The summed E-state index contributed by atoms with van der Waals surface area (Å²) in [5.41, 5.74) is 14.8. The normalized spacial score (nSPS) is 16.2. The van der Waals surface area contributed by atoms with Gasteiger partial charge in [0.25, 0.3) is 0 Å². The van der Waals surface area contributed by atoms with E-state index in [2.05, 4.69) is 35.7 Å². The van der Waals surface area contributed by atoms with Crippen LogP contribution in [0.1, 0.15) is 61.1 Å². The second-order valence-corrected chi connectivity index (χ2v) is 8.76. The van der Waals surface area contributed by atoms with E-state index in [4.69, 9.17) is 21.2 Å². The number of ether oxygens (including phenoxy) is 1. The second kappa shape index (κ2) is 8.09. The molecule has 0 bridgehead atoms. The molecule has 1 aromatic carbocycles. The van der Waals surface area contributed by atoms with E-state index in [1.165, 1.54) is 0 Å². The summed E-state index contributed by atoms with van der Waals surface area (Å²) in [5.74, 6) is 0.269. The molecule has 3 aromatic rings.